The molecule has 2 N–H and O–H groups in total. The summed E-state index contributed by atoms with van der Waals surface area (Å²) in [5.74, 6) is -0.364. The molecule has 0 bridgehead atoms. The van der Waals surface area contributed by atoms with Crippen LogP contribution in [0, 0.1) is 0 Å². The van der Waals surface area contributed by atoms with Gasteiger partial charge in [-0.3, -0.25) is 14.7 Å². The second-order valence-electron chi connectivity index (χ2n) is 7.57. The third-order valence-corrected chi connectivity index (χ3v) is 5.57. The largest absolute Gasteiger partial charge is 0.356 e. The number of H-pyrrole nitrogens is 1. The lowest BCUT2D eigenvalue weighted by molar-refractivity contribution is -0.154. The summed E-state index contributed by atoms with van der Waals surface area (Å²) in [5.41, 5.74) is 4.26. The molecule has 148 valence electrons. The number of fused-ring (bicyclic) bond motifs is 1. The smallest absolute Gasteiger partial charge is 0.254 e. The Bertz CT molecular complexity index is 849. The first-order chi connectivity index (χ1) is 13.6. The molecular weight excluding hydrogens is 356 g/mol. The van der Waals surface area contributed by atoms with E-state index >= 15 is 0 Å². The van der Waals surface area contributed by atoms with Crippen LogP contribution in [0.25, 0.3) is 0 Å². The Morgan fingerprint density at radius 1 is 1.21 bits per heavy atom. The molecule has 28 heavy (non-hydrogen) atoms. The first-order valence-corrected chi connectivity index (χ1v) is 9.89. The average molecular weight is 382 g/mol. The van der Waals surface area contributed by atoms with E-state index in [1.54, 1.807) is 11.9 Å². The second-order valence-corrected chi connectivity index (χ2v) is 7.57. The number of nitrogens with one attached hydrogen (secondary N) is 2. The highest BCUT2D eigenvalue weighted by atomic mass is 16.5. The molecule has 0 radical (unpaired) electrons. The van der Waals surface area contributed by atoms with E-state index in [1.807, 2.05) is 30.3 Å². The maximum absolute atomic E-state index is 13.2. The highest BCUT2D eigenvalue weighted by Gasteiger charge is 2.37. The third kappa shape index (κ3) is 3.80. The van der Waals surface area contributed by atoms with Crippen molar-refractivity contribution >= 4 is 11.8 Å². The number of amides is 2. The van der Waals surface area contributed by atoms with E-state index < -0.39 is 12.1 Å². The van der Waals surface area contributed by atoms with E-state index in [4.69, 9.17) is 4.74 Å². The molecule has 2 atom stereocenters. The molecule has 0 unspecified atom stereocenters. The molecule has 2 heterocycles. The van der Waals surface area contributed by atoms with Gasteiger partial charge in [0.1, 0.15) is 6.61 Å². The van der Waals surface area contributed by atoms with Crippen molar-refractivity contribution in [3.8, 4) is 0 Å². The summed E-state index contributed by atoms with van der Waals surface area (Å²) in [7, 11) is 1.77. The maximum atomic E-state index is 13.2. The van der Waals surface area contributed by atoms with Gasteiger partial charge in [-0.15, -0.1) is 0 Å². The van der Waals surface area contributed by atoms with Crippen LogP contribution < -0.4 is 5.32 Å². The Hall–Kier alpha value is -2.67. The van der Waals surface area contributed by atoms with Gasteiger partial charge in [0, 0.05) is 12.7 Å². The minimum absolute atomic E-state index is 0.106. The molecule has 2 aliphatic rings. The minimum Gasteiger partial charge on any atom is -0.356 e. The summed E-state index contributed by atoms with van der Waals surface area (Å²) in [5, 5.41) is 10.5. The van der Waals surface area contributed by atoms with Crippen LogP contribution in [-0.2, 0) is 33.7 Å². The zero-order valence-electron chi connectivity index (χ0n) is 16.1. The number of likely N-dealkylation sites (N-methyl/N-ethyl adjacent to an activating group) is 1. The first-order valence-electron chi connectivity index (χ1n) is 9.89. The number of ether oxygens (including phenoxy) is 1. The van der Waals surface area contributed by atoms with Gasteiger partial charge in [0.25, 0.3) is 5.91 Å². The number of carbonyl (C=O) groups excluding carboxylic acids is 2. The number of carbonyl (C=O) groups is 2. The van der Waals surface area contributed by atoms with Crippen molar-refractivity contribution in [1.29, 1.82) is 0 Å². The average Bonchev–Trinajstić information content (AvgIpc) is 2.94. The molecule has 1 saturated heterocycles. The Kier molecular flexibility index (Phi) is 5.43. The summed E-state index contributed by atoms with van der Waals surface area (Å²) < 4.78 is 5.66. The lowest BCUT2D eigenvalue weighted by Gasteiger charge is -2.34. The fourth-order valence-corrected chi connectivity index (χ4v) is 4.06. The molecule has 7 nitrogen and oxygen atoms in total. The predicted octanol–water partition coefficient (Wildman–Crippen LogP) is 1.89. The van der Waals surface area contributed by atoms with E-state index in [1.165, 1.54) is 24.1 Å². The van der Waals surface area contributed by atoms with Crippen LogP contribution in [0.2, 0.25) is 0 Å². The fraction of sp³-hybridized carbons (Fsp3) is 0.476. The van der Waals surface area contributed by atoms with Crippen molar-refractivity contribution in [2.45, 2.75) is 50.8 Å². The Morgan fingerprint density at radius 2 is 2.00 bits per heavy atom. The highest BCUT2D eigenvalue weighted by molar-refractivity contribution is 5.86. The highest BCUT2D eigenvalue weighted by Crippen LogP contribution is 2.26. The summed E-state index contributed by atoms with van der Waals surface area (Å²) in [6, 6.07) is 8.98. The SMILES string of the molecule is CN(Cc1n[nH]c2c1CCCCC2)C(=O)[C@H]1OCC(=O)N[C@@H]1c1ccccc1. The number of aryl methyl sites for hydroxylation is 1. The van der Waals surface area contributed by atoms with Gasteiger partial charge >= 0.3 is 0 Å². The van der Waals surface area contributed by atoms with E-state index in [-0.39, 0.29) is 18.4 Å². The van der Waals surface area contributed by atoms with Crippen LogP contribution >= 0.6 is 0 Å². The van der Waals surface area contributed by atoms with Crippen molar-refractivity contribution in [3.63, 3.8) is 0 Å². The molecule has 0 saturated carbocycles. The molecule has 1 aliphatic heterocycles. The lowest BCUT2D eigenvalue weighted by Crippen LogP contribution is -2.52. The van der Waals surface area contributed by atoms with Gasteiger partial charge in [-0.2, -0.15) is 5.10 Å². The van der Waals surface area contributed by atoms with E-state index in [0.717, 1.165) is 30.5 Å². The van der Waals surface area contributed by atoms with Gasteiger partial charge in [0.2, 0.25) is 5.91 Å². The topological polar surface area (TPSA) is 87.3 Å². The Labute approximate surface area is 164 Å². The van der Waals surface area contributed by atoms with E-state index in [9.17, 15) is 9.59 Å². The van der Waals surface area contributed by atoms with Gasteiger partial charge in [-0.25, -0.2) is 0 Å². The first kappa shape index (κ1) is 18.7. The molecule has 7 heteroatoms. The summed E-state index contributed by atoms with van der Waals surface area (Å²) >= 11 is 0. The number of aromatic amines is 1. The Balaban J connectivity index is 1.51. The van der Waals surface area contributed by atoms with Crippen molar-refractivity contribution < 1.29 is 14.3 Å². The van der Waals surface area contributed by atoms with Crippen LogP contribution in [0.4, 0.5) is 0 Å². The minimum atomic E-state index is -0.748. The molecule has 1 fully saturated rings. The summed E-state index contributed by atoms with van der Waals surface area (Å²) in [6.07, 6.45) is 4.84. The Morgan fingerprint density at radius 3 is 2.82 bits per heavy atom. The zero-order chi connectivity index (χ0) is 19.5. The number of rotatable bonds is 4. The predicted molar refractivity (Wildman–Crippen MR) is 103 cm³/mol. The van der Waals surface area contributed by atoms with Gasteiger partial charge < -0.3 is 15.0 Å². The van der Waals surface area contributed by atoms with Gasteiger partial charge in [-0.05, 0) is 36.8 Å². The molecule has 1 aromatic carbocycles. The van der Waals surface area contributed by atoms with Crippen molar-refractivity contribution in [3.05, 3.63) is 52.8 Å². The number of morpholine rings is 1. The van der Waals surface area contributed by atoms with E-state index in [2.05, 4.69) is 15.5 Å². The monoisotopic (exact) mass is 382 g/mol. The van der Waals surface area contributed by atoms with Crippen molar-refractivity contribution in [2.75, 3.05) is 13.7 Å². The quantitative estimate of drug-likeness (QED) is 0.791. The fourth-order valence-electron chi connectivity index (χ4n) is 4.06. The number of aromatic nitrogens is 2. The molecule has 4 rings (SSSR count). The van der Waals surface area contributed by atoms with Gasteiger partial charge in [-0.1, -0.05) is 36.8 Å². The normalized spacial score (nSPS) is 22.1. The summed E-state index contributed by atoms with van der Waals surface area (Å²) in [6.45, 7) is 0.325. The summed E-state index contributed by atoms with van der Waals surface area (Å²) in [4.78, 5) is 26.7. The molecule has 2 amide bonds. The number of nitrogens with zero attached hydrogens (tertiary/aromatic N) is 2. The number of hydrogen-bond donors (Lipinski definition) is 2. The molecule has 0 spiro atoms. The van der Waals surface area contributed by atoms with Crippen LogP contribution in [0.1, 0.15) is 47.8 Å². The molecular formula is C21H26N4O3. The van der Waals surface area contributed by atoms with Gasteiger partial charge in [0.05, 0.1) is 18.3 Å². The van der Waals surface area contributed by atoms with Gasteiger partial charge in [0.15, 0.2) is 6.10 Å². The van der Waals surface area contributed by atoms with Crippen LogP contribution in [0.3, 0.4) is 0 Å². The van der Waals surface area contributed by atoms with Crippen LogP contribution in [-0.4, -0.2) is 46.7 Å². The standard InChI is InChI=1S/C21H26N4O3/c1-25(12-17-15-10-6-3-7-11-16(15)23-24-17)21(27)20-19(22-18(26)13-28-20)14-8-4-2-5-9-14/h2,4-5,8-9,19-20H,3,6-7,10-13H2,1H3,(H,22,26)(H,23,24)/t19-,20+/m1/s1. The molecule has 1 aromatic heterocycles. The lowest BCUT2D eigenvalue weighted by atomic mass is 9.98. The van der Waals surface area contributed by atoms with Crippen molar-refractivity contribution in [2.24, 2.45) is 0 Å². The maximum Gasteiger partial charge on any atom is 0.254 e. The number of benzene rings is 1. The van der Waals surface area contributed by atoms with E-state index in [0.29, 0.717) is 6.54 Å². The molecule has 1 aliphatic carbocycles. The van der Waals surface area contributed by atoms with Crippen LogP contribution in [0.5, 0.6) is 0 Å². The number of hydrogen-bond acceptors (Lipinski definition) is 4. The molecule has 2 aromatic rings. The van der Waals surface area contributed by atoms with Crippen molar-refractivity contribution in [1.82, 2.24) is 20.4 Å². The second kappa shape index (κ2) is 8.14. The third-order valence-electron chi connectivity index (χ3n) is 5.57. The zero-order valence-corrected chi connectivity index (χ0v) is 16.1. The van der Waals surface area contributed by atoms with Crippen LogP contribution in [0.15, 0.2) is 30.3 Å².